The second-order valence-electron chi connectivity index (χ2n) is 7.40. The summed E-state index contributed by atoms with van der Waals surface area (Å²) in [7, 11) is 1.90. The number of aromatic nitrogens is 4. The van der Waals surface area contributed by atoms with E-state index in [9.17, 15) is 4.79 Å². The van der Waals surface area contributed by atoms with Crippen LogP contribution in [0.4, 0.5) is 0 Å². The zero-order valence-corrected chi connectivity index (χ0v) is 18.7. The molecule has 4 aromatic rings. The predicted molar refractivity (Wildman–Crippen MR) is 127 cm³/mol. The lowest BCUT2D eigenvalue weighted by atomic mass is 9.88. The van der Waals surface area contributed by atoms with Crippen LogP contribution in [0.5, 0.6) is 0 Å². The van der Waals surface area contributed by atoms with Gasteiger partial charge in [0.25, 0.3) is 0 Å². The number of rotatable bonds is 9. The molecule has 162 valence electrons. The first kappa shape index (κ1) is 21.8. The number of nitrogens with zero attached hydrogens (tertiary/aromatic N) is 4. The summed E-state index contributed by atoms with van der Waals surface area (Å²) < 4.78 is 1.90. The van der Waals surface area contributed by atoms with Gasteiger partial charge < -0.3 is 9.88 Å². The highest BCUT2D eigenvalue weighted by Crippen LogP contribution is 2.27. The highest BCUT2D eigenvalue weighted by Gasteiger charge is 2.15. The van der Waals surface area contributed by atoms with E-state index in [4.69, 9.17) is 0 Å². The monoisotopic (exact) mass is 443 g/mol. The van der Waals surface area contributed by atoms with E-state index in [1.165, 1.54) is 22.9 Å². The van der Waals surface area contributed by atoms with Gasteiger partial charge in [0.2, 0.25) is 5.91 Å². The number of nitrogens with one attached hydrogen (secondary N) is 1. The number of hydrogen-bond acceptors (Lipinski definition) is 5. The first-order valence-corrected chi connectivity index (χ1v) is 11.5. The van der Waals surface area contributed by atoms with Crippen LogP contribution >= 0.6 is 11.8 Å². The van der Waals surface area contributed by atoms with Crippen molar-refractivity contribution in [2.24, 2.45) is 7.05 Å². The molecule has 0 spiro atoms. The van der Waals surface area contributed by atoms with Crippen molar-refractivity contribution in [1.82, 2.24) is 25.1 Å². The standard InChI is InChI=1S/C25H25N5OS/c1-30-24(21-12-15-26-16-13-21)28-29-25(30)32-18-23(31)27-17-14-22(19-8-4-2-5-9-19)20-10-6-3-7-11-20/h2-13,15-16,22H,14,17-18H2,1H3,(H,27,31). The van der Waals surface area contributed by atoms with E-state index >= 15 is 0 Å². The van der Waals surface area contributed by atoms with Crippen LogP contribution in [0.25, 0.3) is 11.4 Å². The normalized spacial score (nSPS) is 10.9. The van der Waals surface area contributed by atoms with Crippen LogP contribution in [0.15, 0.2) is 90.3 Å². The minimum absolute atomic E-state index is 0.0108. The van der Waals surface area contributed by atoms with Gasteiger partial charge in [-0.25, -0.2) is 0 Å². The van der Waals surface area contributed by atoms with E-state index in [1.54, 1.807) is 12.4 Å². The number of benzene rings is 2. The summed E-state index contributed by atoms with van der Waals surface area (Å²) in [6.07, 6.45) is 4.28. The van der Waals surface area contributed by atoms with Gasteiger partial charge in [-0.3, -0.25) is 9.78 Å². The molecule has 2 aromatic carbocycles. The Labute approximate surface area is 192 Å². The van der Waals surface area contributed by atoms with Gasteiger partial charge in [0.15, 0.2) is 11.0 Å². The van der Waals surface area contributed by atoms with Crippen molar-refractivity contribution >= 4 is 17.7 Å². The smallest absolute Gasteiger partial charge is 0.230 e. The molecule has 0 atom stereocenters. The Balaban J connectivity index is 1.32. The molecule has 0 unspecified atom stereocenters. The SMILES string of the molecule is Cn1c(SCC(=O)NCCC(c2ccccc2)c2ccccc2)nnc1-c1ccncc1. The van der Waals surface area contributed by atoms with Gasteiger partial charge in [-0.15, -0.1) is 10.2 Å². The summed E-state index contributed by atoms with van der Waals surface area (Å²) in [5.41, 5.74) is 3.45. The van der Waals surface area contributed by atoms with Crippen LogP contribution in [0, 0.1) is 0 Å². The molecule has 7 heteroatoms. The van der Waals surface area contributed by atoms with Gasteiger partial charge in [0.05, 0.1) is 5.75 Å². The summed E-state index contributed by atoms with van der Waals surface area (Å²) in [6.45, 7) is 0.606. The number of pyridine rings is 1. The average Bonchev–Trinajstić information content (AvgIpc) is 3.22. The highest BCUT2D eigenvalue weighted by molar-refractivity contribution is 7.99. The van der Waals surface area contributed by atoms with Crippen molar-refractivity contribution < 1.29 is 4.79 Å². The minimum Gasteiger partial charge on any atom is -0.355 e. The molecule has 4 rings (SSSR count). The summed E-state index contributed by atoms with van der Waals surface area (Å²) in [5.74, 6) is 1.28. The number of amides is 1. The van der Waals surface area contributed by atoms with E-state index < -0.39 is 0 Å². The maximum atomic E-state index is 12.5. The van der Waals surface area contributed by atoms with Crippen molar-refractivity contribution in [1.29, 1.82) is 0 Å². The summed E-state index contributed by atoms with van der Waals surface area (Å²) >= 11 is 1.38. The maximum Gasteiger partial charge on any atom is 0.230 e. The van der Waals surface area contributed by atoms with Crippen molar-refractivity contribution in [2.75, 3.05) is 12.3 Å². The molecule has 0 aliphatic carbocycles. The zero-order chi connectivity index (χ0) is 22.2. The summed E-state index contributed by atoms with van der Waals surface area (Å²) in [5, 5.41) is 12.2. The van der Waals surface area contributed by atoms with Crippen molar-refractivity contribution in [3.63, 3.8) is 0 Å². The van der Waals surface area contributed by atoms with Gasteiger partial charge in [-0.1, -0.05) is 72.4 Å². The molecule has 32 heavy (non-hydrogen) atoms. The maximum absolute atomic E-state index is 12.5. The zero-order valence-electron chi connectivity index (χ0n) is 17.9. The molecule has 0 aliphatic heterocycles. The Morgan fingerprint density at radius 3 is 2.19 bits per heavy atom. The first-order chi connectivity index (χ1) is 15.7. The Bertz CT molecular complexity index is 1090. The fourth-order valence-electron chi connectivity index (χ4n) is 3.63. The second-order valence-corrected chi connectivity index (χ2v) is 8.34. The number of hydrogen-bond donors (Lipinski definition) is 1. The number of carbonyl (C=O) groups is 1. The predicted octanol–water partition coefficient (Wildman–Crippen LogP) is 4.31. The largest absolute Gasteiger partial charge is 0.355 e. The number of thioether (sulfide) groups is 1. The molecule has 2 heterocycles. The lowest BCUT2D eigenvalue weighted by Crippen LogP contribution is -2.27. The van der Waals surface area contributed by atoms with Crippen LogP contribution < -0.4 is 5.32 Å². The van der Waals surface area contributed by atoms with Crippen molar-refractivity contribution in [3.05, 3.63) is 96.3 Å². The fourth-order valence-corrected chi connectivity index (χ4v) is 4.37. The van der Waals surface area contributed by atoms with E-state index in [0.29, 0.717) is 17.5 Å². The highest BCUT2D eigenvalue weighted by atomic mass is 32.2. The molecule has 0 saturated carbocycles. The Kier molecular flexibility index (Phi) is 7.30. The van der Waals surface area contributed by atoms with Gasteiger partial charge in [-0.05, 0) is 29.7 Å². The van der Waals surface area contributed by atoms with Crippen LogP contribution in [0.1, 0.15) is 23.5 Å². The van der Waals surface area contributed by atoms with Crippen molar-refractivity contribution in [2.45, 2.75) is 17.5 Å². The second kappa shape index (κ2) is 10.7. The van der Waals surface area contributed by atoms with Crippen LogP contribution in [0.3, 0.4) is 0 Å². The minimum atomic E-state index is -0.0108. The molecule has 0 radical (unpaired) electrons. The lowest BCUT2D eigenvalue weighted by Gasteiger charge is -2.18. The Morgan fingerprint density at radius 1 is 0.938 bits per heavy atom. The quantitative estimate of drug-likeness (QED) is 0.390. The number of carbonyl (C=O) groups excluding carboxylic acids is 1. The molecule has 6 nitrogen and oxygen atoms in total. The summed E-state index contributed by atoms with van der Waals surface area (Å²) in [6, 6.07) is 24.6. The van der Waals surface area contributed by atoms with E-state index in [2.05, 4.69) is 69.0 Å². The Morgan fingerprint density at radius 2 is 1.56 bits per heavy atom. The van der Waals surface area contributed by atoms with Gasteiger partial charge >= 0.3 is 0 Å². The molecule has 2 aromatic heterocycles. The third-order valence-corrected chi connectivity index (χ3v) is 6.29. The fraction of sp³-hybridized carbons (Fsp3) is 0.200. The Hall–Kier alpha value is -3.45. The van der Waals surface area contributed by atoms with Crippen LogP contribution in [0.2, 0.25) is 0 Å². The summed E-state index contributed by atoms with van der Waals surface area (Å²) in [4.78, 5) is 16.5. The molecule has 0 saturated heterocycles. The average molecular weight is 444 g/mol. The first-order valence-electron chi connectivity index (χ1n) is 10.5. The molecule has 0 bridgehead atoms. The molecular formula is C25H25N5OS. The van der Waals surface area contributed by atoms with Crippen LogP contribution in [-0.4, -0.2) is 38.0 Å². The topological polar surface area (TPSA) is 72.7 Å². The molecule has 1 amide bonds. The van der Waals surface area contributed by atoms with E-state index in [0.717, 1.165) is 17.8 Å². The van der Waals surface area contributed by atoms with E-state index in [1.807, 2.05) is 35.9 Å². The van der Waals surface area contributed by atoms with Gasteiger partial charge in [0.1, 0.15) is 0 Å². The lowest BCUT2D eigenvalue weighted by molar-refractivity contribution is -0.118. The third-order valence-electron chi connectivity index (χ3n) is 5.26. The molecule has 0 fully saturated rings. The molecule has 1 N–H and O–H groups in total. The van der Waals surface area contributed by atoms with Crippen LogP contribution in [-0.2, 0) is 11.8 Å². The van der Waals surface area contributed by atoms with Gasteiger partial charge in [0, 0.05) is 37.5 Å². The molecule has 0 aliphatic rings. The van der Waals surface area contributed by atoms with Crippen molar-refractivity contribution in [3.8, 4) is 11.4 Å². The molecular weight excluding hydrogens is 418 g/mol. The van der Waals surface area contributed by atoms with E-state index in [-0.39, 0.29) is 11.8 Å². The third kappa shape index (κ3) is 5.42. The van der Waals surface area contributed by atoms with Gasteiger partial charge in [-0.2, -0.15) is 0 Å².